The van der Waals surface area contributed by atoms with Crippen LogP contribution in [0.5, 0.6) is 11.5 Å². The summed E-state index contributed by atoms with van der Waals surface area (Å²) in [5.74, 6) is -7.05. The van der Waals surface area contributed by atoms with Crippen molar-refractivity contribution in [1.82, 2.24) is 10.2 Å². The zero-order chi connectivity index (χ0) is 33.7. The Hall–Kier alpha value is -4.72. The summed E-state index contributed by atoms with van der Waals surface area (Å²) in [6.07, 6.45) is 0.0859. The van der Waals surface area contributed by atoms with E-state index in [0.29, 0.717) is 29.0 Å². The predicted molar refractivity (Wildman–Crippen MR) is 165 cm³/mol. The lowest BCUT2D eigenvalue weighted by molar-refractivity contribution is -0.153. The minimum absolute atomic E-state index is 0.0105. The summed E-state index contributed by atoms with van der Waals surface area (Å²) in [6, 6.07) is 7.28. The van der Waals surface area contributed by atoms with Crippen molar-refractivity contribution >= 4 is 29.2 Å². The zero-order valence-electron chi connectivity index (χ0n) is 25.9. The quantitative estimate of drug-likeness (QED) is 0.170. The highest BCUT2D eigenvalue weighted by Gasteiger charge is 2.64. The van der Waals surface area contributed by atoms with Crippen LogP contribution < -0.4 is 15.8 Å². The Morgan fingerprint density at radius 2 is 1.83 bits per heavy atom. The van der Waals surface area contributed by atoms with E-state index in [0.717, 1.165) is 5.56 Å². The van der Waals surface area contributed by atoms with Crippen LogP contribution >= 0.6 is 0 Å². The van der Waals surface area contributed by atoms with E-state index in [2.05, 4.69) is 5.32 Å². The number of nitrogens with two attached hydrogens (primary N) is 1. The molecule has 244 valence electrons. The number of hydrogen-bond acceptors (Lipinski definition) is 12. The average molecular weight is 636 g/mol. The first-order valence-electron chi connectivity index (χ1n) is 14.8. The van der Waals surface area contributed by atoms with Gasteiger partial charge in [0.1, 0.15) is 28.6 Å². The van der Waals surface area contributed by atoms with Crippen molar-refractivity contribution in [3.63, 3.8) is 0 Å². The molecule has 0 bridgehead atoms. The molecule has 0 aliphatic heterocycles. The van der Waals surface area contributed by atoms with Crippen LogP contribution in [0.4, 0.5) is 0 Å². The summed E-state index contributed by atoms with van der Waals surface area (Å²) in [4.78, 5) is 52.9. The number of ketones is 2. The van der Waals surface area contributed by atoms with E-state index in [1.165, 1.54) is 18.1 Å². The Bertz CT molecular complexity index is 1710. The molecule has 3 aliphatic carbocycles. The van der Waals surface area contributed by atoms with Crippen molar-refractivity contribution < 1.29 is 49.1 Å². The topological polar surface area (TPSA) is 209 Å². The molecule has 0 heterocycles. The first-order chi connectivity index (χ1) is 21.8. The molecular formula is C33H37N3O10. The number of fused-ring (bicyclic) bond motifs is 3. The fourth-order valence-corrected chi connectivity index (χ4v) is 7.09. The summed E-state index contributed by atoms with van der Waals surface area (Å²) in [5, 5.41) is 48.4. The van der Waals surface area contributed by atoms with Gasteiger partial charge in [-0.05, 0) is 74.7 Å². The number of ether oxygens (including phenoxy) is 2. The van der Waals surface area contributed by atoms with E-state index in [4.69, 9.17) is 15.2 Å². The number of aliphatic hydroxyl groups is 3. The summed E-state index contributed by atoms with van der Waals surface area (Å²) in [6.45, 7) is 2.33. The molecule has 3 aliphatic rings. The van der Waals surface area contributed by atoms with Gasteiger partial charge in [0, 0.05) is 23.6 Å². The number of phenolic OH excluding ortho intramolecular Hbond substituents is 1. The van der Waals surface area contributed by atoms with Crippen LogP contribution in [0.15, 0.2) is 47.2 Å². The number of nitrogens with one attached hydrogen (secondary N) is 1. The smallest absolute Gasteiger partial charge is 0.319 e. The van der Waals surface area contributed by atoms with E-state index in [1.54, 1.807) is 33.2 Å². The second-order valence-electron chi connectivity index (χ2n) is 11.9. The average Bonchev–Trinajstić information content (AvgIpc) is 2.99. The second-order valence-corrected chi connectivity index (χ2v) is 11.9. The summed E-state index contributed by atoms with van der Waals surface area (Å²) in [5.41, 5.74) is 4.07. The molecule has 1 amide bonds. The number of amides is 1. The first kappa shape index (κ1) is 32.7. The Labute approximate surface area is 264 Å². The maximum Gasteiger partial charge on any atom is 0.319 e. The third-order valence-electron chi connectivity index (χ3n) is 9.06. The van der Waals surface area contributed by atoms with Crippen LogP contribution in [0.3, 0.4) is 0 Å². The molecule has 2 aromatic carbocycles. The van der Waals surface area contributed by atoms with Crippen LogP contribution in [0.1, 0.15) is 30.0 Å². The molecule has 46 heavy (non-hydrogen) atoms. The van der Waals surface area contributed by atoms with Gasteiger partial charge < -0.3 is 41.0 Å². The number of carbonyl (C=O) groups excluding carboxylic acids is 4. The molecule has 2 unspecified atom stereocenters. The van der Waals surface area contributed by atoms with Crippen LogP contribution in [0, 0.1) is 11.8 Å². The molecule has 7 N–H and O–H groups in total. The van der Waals surface area contributed by atoms with Crippen LogP contribution in [0.25, 0.3) is 16.9 Å². The molecule has 4 atom stereocenters. The van der Waals surface area contributed by atoms with Gasteiger partial charge in [0.25, 0.3) is 5.91 Å². The van der Waals surface area contributed by atoms with E-state index >= 15 is 0 Å². The molecule has 1 fully saturated rings. The molecule has 5 rings (SSSR count). The summed E-state index contributed by atoms with van der Waals surface area (Å²) >= 11 is 0. The maximum atomic E-state index is 14.1. The van der Waals surface area contributed by atoms with Crippen molar-refractivity contribution in [2.45, 2.75) is 38.0 Å². The monoisotopic (exact) mass is 635 g/mol. The van der Waals surface area contributed by atoms with Crippen LogP contribution in [-0.4, -0.2) is 94.8 Å². The summed E-state index contributed by atoms with van der Waals surface area (Å²) < 4.78 is 10.6. The largest absolute Gasteiger partial charge is 0.508 e. The number of esters is 1. The number of aromatic hydroxyl groups is 1. The third kappa shape index (κ3) is 5.10. The molecular weight excluding hydrogens is 598 g/mol. The Morgan fingerprint density at radius 1 is 1.11 bits per heavy atom. The number of hydrogen-bond donors (Lipinski definition) is 6. The van der Waals surface area contributed by atoms with Gasteiger partial charge in [0.15, 0.2) is 11.4 Å². The van der Waals surface area contributed by atoms with Gasteiger partial charge in [-0.25, -0.2) is 0 Å². The van der Waals surface area contributed by atoms with E-state index in [-0.39, 0.29) is 48.8 Å². The van der Waals surface area contributed by atoms with Gasteiger partial charge in [-0.3, -0.25) is 24.1 Å². The molecule has 13 heteroatoms. The number of methoxy groups -OCH3 is 1. The van der Waals surface area contributed by atoms with Gasteiger partial charge in [-0.1, -0.05) is 12.1 Å². The molecule has 0 spiro atoms. The van der Waals surface area contributed by atoms with Crippen molar-refractivity contribution in [1.29, 1.82) is 0 Å². The molecule has 13 nitrogen and oxygen atoms in total. The number of Topliss-reactive ketones (excluding diaryl/α,β-unsaturated/α-hetero) is 2. The lowest BCUT2D eigenvalue weighted by atomic mass is 9.57. The Morgan fingerprint density at radius 3 is 2.46 bits per heavy atom. The highest BCUT2D eigenvalue weighted by molar-refractivity contribution is 6.24. The standard InChI is InChI=1S/C33H37N3O10/c1-5-46-23(38)14-35-13-15-6-9-22(45-4)18(10-15)17-7-8-21(37)25-19(17)11-16-12-20-27(36(2)3)29(40)26(32(34)43)31(42)33(20,44)30(41)24(16)28(25)39/h6-10,16,20,27,35,37,39,42,44H,5,11-14H2,1-4H3,(H2,34,43)/t16?,20?,27-,33-/m0/s1. The van der Waals surface area contributed by atoms with E-state index in [1.807, 2.05) is 12.1 Å². The Kier molecular flexibility index (Phi) is 8.69. The number of rotatable bonds is 9. The molecule has 1 saturated carbocycles. The number of nitrogens with zero attached hydrogens (tertiary/aromatic N) is 1. The highest BCUT2D eigenvalue weighted by Crippen LogP contribution is 2.54. The van der Waals surface area contributed by atoms with E-state index in [9.17, 15) is 39.6 Å². The molecule has 0 saturated heterocycles. The SMILES string of the molecule is CCOC(=O)CNCc1ccc(OC)c(-c2ccc(O)c3c2CC2CC4[C@H](N(C)C)C(=O)C(C(N)=O)=C(O)[C@@]4(O)C(=O)C2=C3O)c1. The fraction of sp³-hybridized carbons (Fsp3) is 0.394. The molecule has 0 aromatic heterocycles. The maximum absolute atomic E-state index is 14.1. The zero-order valence-corrected chi connectivity index (χ0v) is 25.9. The van der Waals surface area contributed by atoms with Crippen LogP contribution in [-0.2, 0) is 36.9 Å². The number of likely N-dealkylation sites (N-methyl/N-ethyl adjacent to an activating group) is 1. The van der Waals surface area contributed by atoms with Crippen molar-refractivity contribution in [3.8, 4) is 22.6 Å². The van der Waals surface area contributed by atoms with Crippen molar-refractivity contribution in [2.24, 2.45) is 17.6 Å². The predicted octanol–water partition coefficient (Wildman–Crippen LogP) is 1.29. The number of carbonyl (C=O) groups is 4. The lowest BCUT2D eigenvalue weighted by Crippen LogP contribution is -2.65. The third-order valence-corrected chi connectivity index (χ3v) is 9.06. The van der Waals surface area contributed by atoms with Crippen LogP contribution in [0.2, 0.25) is 0 Å². The van der Waals surface area contributed by atoms with Gasteiger partial charge in [0.2, 0.25) is 5.78 Å². The van der Waals surface area contributed by atoms with Gasteiger partial charge in [-0.15, -0.1) is 0 Å². The van der Waals surface area contributed by atoms with Gasteiger partial charge >= 0.3 is 5.97 Å². The summed E-state index contributed by atoms with van der Waals surface area (Å²) in [7, 11) is 4.59. The second kappa shape index (κ2) is 12.2. The molecule has 0 radical (unpaired) electrons. The first-order valence-corrected chi connectivity index (χ1v) is 14.8. The minimum Gasteiger partial charge on any atom is -0.508 e. The number of phenols is 1. The van der Waals surface area contributed by atoms with Gasteiger partial charge in [0.05, 0.1) is 31.9 Å². The highest BCUT2D eigenvalue weighted by atomic mass is 16.5. The minimum atomic E-state index is -2.72. The number of aliphatic hydroxyl groups excluding tert-OH is 2. The normalized spacial score (nSPS) is 24.0. The fourth-order valence-electron chi connectivity index (χ4n) is 7.09. The number of benzene rings is 2. The number of primary amides is 1. The molecule has 2 aromatic rings. The van der Waals surface area contributed by atoms with E-state index < -0.39 is 58.0 Å². The lowest BCUT2D eigenvalue weighted by Gasteiger charge is -2.50. The van der Waals surface area contributed by atoms with Crippen molar-refractivity contribution in [3.05, 3.63) is 63.9 Å². The van der Waals surface area contributed by atoms with Crippen molar-refractivity contribution in [2.75, 3.05) is 34.4 Å². The van der Waals surface area contributed by atoms with Gasteiger partial charge in [-0.2, -0.15) is 0 Å². The Balaban J connectivity index is 1.63.